The lowest BCUT2D eigenvalue weighted by molar-refractivity contribution is 0.199. The average Bonchev–Trinajstić information content (AvgIpc) is 2.77. The van der Waals surface area contributed by atoms with Crippen LogP contribution in [0.2, 0.25) is 0 Å². The van der Waals surface area contributed by atoms with Crippen LogP contribution in [-0.4, -0.2) is 34.4 Å². The highest BCUT2D eigenvalue weighted by Crippen LogP contribution is 2.25. The summed E-state index contributed by atoms with van der Waals surface area (Å²) in [6.45, 7) is 2.84. The molecule has 1 aliphatic rings. The smallest absolute Gasteiger partial charge is 0.129 e. The Labute approximate surface area is 95.5 Å². The maximum atomic E-state index is 9.52. The number of aliphatic hydroxyl groups is 2. The van der Waals surface area contributed by atoms with Crippen molar-refractivity contribution in [3.8, 4) is 0 Å². The molecular formula is C12H18N2O2. The molecule has 1 aromatic heterocycles. The van der Waals surface area contributed by atoms with Gasteiger partial charge in [-0.15, -0.1) is 0 Å². The van der Waals surface area contributed by atoms with E-state index in [0.717, 1.165) is 30.8 Å². The molecule has 4 nitrogen and oxygen atoms in total. The summed E-state index contributed by atoms with van der Waals surface area (Å²) in [6, 6.07) is 3.90. The summed E-state index contributed by atoms with van der Waals surface area (Å²) in [6.07, 6.45) is 3.34. The normalized spacial score (nSPS) is 22.4. The summed E-state index contributed by atoms with van der Waals surface area (Å²) in [4.78, 5) is 6.42. The van der Waals surface area contributed by atoms with Gasteiger partial charge >= 0.3 is 0 Å². The molecule has 2 rings (SSSR count). The van der Waals surface area contributed by atoms with Crippen molar-refractivity contribution < 1.29 is 10.2 Å². The molecule has 0 aromatic carbocycles. The van der Waals surface area contributed by atoms with E-state index in [4.69, 9.17) is 0 Å². The molecule has 1 fully saturated rings. The van der Waals surface area contributed by atoms with Crippen LogP contribution >= 0.6 is 0 Å². The first-order valence-corrected chi connectivity index (χ1v) is 5.74. The minimum atomic E-state index is -0.475. The Hall–Kier alpha value is -1.13. The van der Waals surface area contributed by atoms with Crippen molar-refractivity contribution >= 4 is 5.82 Å². The minimum absolute atomic E-state index is 0.167. The molecule has 0 bridgehead atoms. The molecule has 0 aliphatic carbocycles. The van der Waals surface area contributed by atoms with Gasteiger partial charge in [0.05, 0.1) is 18.8 Å². The van der Waals surface area contributed by atoms with Crippen molar-refractivity contribution in [2.24, 2.45) is 0 Å². The summed E-state index contributed by atoms with van der Waals surface area (Å²) in [7, 11) is 0. The van der Waals surface area contributed by atoms with Gasteiger partial charge in [-0.25, -0.2) is 4.98 Å². The highest BCUT2D eigenvalue weighted by Gasteiger charge is 2.24. The first-order chi connectivity index (χ1) is 7.72. The number of hydrogen-bond donors (Lipinski definition) is 2. The van der Waals surface area contributed by atoms with E-state index in [9.17, 15) is 10.2 Å². The minimum Gasteiger partial charge on any atom is -0.394 e. The second-order valence-corrected chi connectivity index (χ2v) is 4.30. The van der Waals surface area contributed by atoms with E-state index in [1.54, 1.807) is 13.1 Å². The first kappa shape index (κ1) is 11.4. The Balaban J connectivity index is 2.22. The van der Waals surface area contributed by atoms with Gasteiger partial charge in [0.1, 0.15) is 5.82 Å². The van der Waals surface area contributed by atoms with E-state index in [0.29, 0.717) is 0 Å². The Morgan fingerprint density at radius 3 is 3.12 bits per heavy atom. The fraction of sp³-hybridized carbons (Fsp3) is 0.583. The molecule has 2 atom stereocenters. The van der Waals surface area contributed by atoms with E-state index in [2.05, 4.69) is 9.88 Å². The molecule has 88 valence electrons. The number of anilines is 1. The van der Waals surface area contributed by atoms with Crippen LogP contribution in [0.5, 0.6) is 0 Å². The second kappa shape index (κ2) is 4.80. The lowest BCUT2D eigenvalue weighted by Gasteiger charge is -2.24. The van der Waals surface area contributed by atoms with E-state index in [1.807, 2.05) is 12.1 Å². The fourth-order valence-corrected chi connectivity index (χ4v) is 2.18. The maximum Gasteiger partial charge on any atom is 0.129 e. The van der Waals surface area contributed by atoms with Gasteiger partial charge < -0.3 is 15.1 Å². The zero-order valence-corrected chi connectivity index (χ0v) is 9.50. The van der Waals surface area contributed by atoms with Crippen molar-refractivity contribution in [3.63, 3.8) is 0 Å². The highest BCUT2D eigenvalue weighted by atomic mass is 16.3. The quantitative estimate of drug-likeness (QED) is 0.804. The van der Waals surface area contributed by atoms with E-state index < -0.39 is 6.10 Å². The number of aromatic nitrogens is 1. The van der Waals surface area contributed by atoms with Gasteiger partial charge in [0.25, 0.3) is 0 Å². The van der Waals surface area contributed by atoms with Crippen molar-refractivity contribution in [3.05, 3.63) is 23.9 Å². The van der Waals surface area contributed by atoms with Crippen LogP contribution in [0, 0.1) is 0 Å². The standard InChI is InChI=1S/C12H18N2O2/c1-9(16)10-4-5-13-12(7-10)14-6-2-3-11(14)8-15/h4-5,7,9,11,15-16H,2-3,6,8H2,1H3. The van der Waals surface area contributed by atoms with Gasteiger partial charge in [0.15, 0.2) is 0 Å². The number of aliphatic hydroxyl groups excluding tert-OH is 2. The summed E-state index contributed by atoms with van der Waals surface area (Å²) >= 11 is 0. The van der Waals surface area contributed by atoms with Crippen LogP contribution in [0.4, 0.5) is 5.82 Å². The molecule has 0 radical (unpaired) electrons. The van der Waals surface area contributed by atoms with Crippen LogP contribution < -0.4 is 4.90 Å². The third-order valence-corrected chi connectivity index (χ3v) is 3.13. The molecular weight excluding hydrogens is 204 g/mol. The molecule has 4 heteroatoms. The van der Waals surface area contributed by atoms with Gasteiger partial charge in [-0.1, -0.05) is 0 Å². The molecule has 1 aromatic rings. The van der Waals surface area contributed by atoms with Crippen LogP contribution in [-0.2, 0) is 0 Å². The predicted molar refractivity (Wildman–Crippen MR) is 62.3 cm³/mol. The predicted octanol–water partition coefficient (Wildman–Crippen LogP) is 1.10. The Bertz CT molecular complexity index is 355. The maximum absolute atomic E-state index is 9.52. The van der Waals surface area contributed by atoms with E-state index in [1.165, 1.54) is 0 Å². The van der Waals surface area contributed by atoms with Crippen molar-refractivity contribution in [1.29, 1.82) is 0 Å². The van der Waals surface area contributed by atoms with Crippen molar-refractivity contribution in [2.45, 2.75) is 31.9 Å². The molecule has 0 spiro atoms. The molecule has 1 aliphatic heterocycles. The summed E-state index contributed by atoms with van der Waals surface area (Å²) < 4.78 is 0. The Morgan fingerprint density at radius 2 is 2.44 bits per heavy atom. The van der Waals surface area contributed by atoms with Gasteiger partial charge in [-0.05, 0) is 37.5 Å². The number of pyridine rings is 1. The van der Waals surface area contributed by atoms with E-state index in [-0.39, 0.29) is 12.6 Å². The van der Waals surface area contributed by atoms with Crippen LogP contribution in [0.3, 0.4) is 0 Å². The monoisotopic (exact) mass is 222 g/mol. The number of rotatable bonds is 3. The van der Waals surface area contributed by atoms with Crippen LogP contribution in [0.1, 0.15) is 31.4 Å². The molecule has 2 heterocycles. The van der Waals surface area contributed by atoms with Gasteiger partial charge in [-0.2, -0.15) is 0 Å². The molecule has 0 amide bonds. The topological polar surface area (TPSA) is 56.6 Å². The molecule has 16 heavy (non-hydrogen) atoms. The first-order valence-electron chi connectivity index (χ1n) is 5.74. The van der Waals surface area contributed by atoms with E-state index >= 15 is 0 Å². The largest absolute Gasteiger partial charge is 0.394 e. The molecule has 2 unspecified atom stereocenters. The Kier molecular flexibility index (Phi) is 3.41. The third-order valence-electron chi connectivity index (χ3n) is 3.13. The third kappa shape index (κ3) is 2.18. The van der Waals surface area contributed by atoms with Crippen LogP contribution in [0.25, 0.3) is 0 Å². The second-order valence-electron chi connectivity index (χ2n) is 4.30. The van der Waals surface area contributed by atoms with Gasteiger partial charge in [0.2, 0.25) is 0 Å². The highest BCUT2D eigenvalue weighted by molar-refractivity contribution is 5.43. The average molecular weight is 222 g/mol. The summed E-state index contributed by atoms with van der Waals surface area (Å²) in [5, 5.41) is 18.8. The van der Waals surface area contributed by atoms with Crippen molar-refractivity contribution in [1.82, 2.24) is 4.98 Å². The lowest BCUT2D eigenvalue weighted by atomic mass is 10.1. The molecule has 0 saturated carbocycles. The number of nitrogens with zero attached hydrogens (tertiary/aromatic N) is 2. The zero-order valence-electron chi connectivity index (χ0n) is 9.50. The van der Waals surface area contributed by atoms with Crippen LogP contribution in [0.15, 0.2) is 18.3 Å². The summed E-state index contributed by atoms with van der Waals surface area (Å²) in [5.41, 5.74) is 0.869. The molecule has 1 saturated heterocycles. The molecule has 2 N–H and O–H groups in total. The SMILES string of the molecule is CC(O)c1ccnc(N2CCCC2CO)c1. The number of hydrogen-bond acceptors (Lipinski definition) is 4. The van der Waals surface area contributed by atoms with Crippen molar-refractivity contribution in [2.75, 3.05) is 18.1 Å². The fourth-order valence-electron chi connectivity index (χ4n) is 2.18. The van der Waals surface area contributed by atoms with Gasteiger partial charge in [0, 0.05) is 12.7 Å². The van der Waals surface area contributed by atoms with Gasteiger partial charge in [-0.3, -0.25) is 0 Å². The Morgan fingerprint density at radius 1 is 1.62 bits per heavy atom. The zero-order chi connectivity index (χ0) is 11.5. The summed E-state index contributed by atoms with van der Waals surface area (Å²) in [5.74, 6) is 0.856. The lowest BCUT2D eigenvalue weighted by Crippen LogP contribution is -2.32.